The van der Waals surface area contributed by atoms with E-state index in [1.807, 2.05) is 60.7 Å². The lowest BCUT2D eigenvalue weighted by Crippen LogP contribution is -2.19. The molecule has 0 saturated heterocycles. The molecule has 0 aliphatic heterocycles. The second-order valence-electron chi connectivity index (χ2n) is 7.42. The number of carbonyl (C=O) groups excluding carboxylic acids is 1. The van der Waals surface area contributed by atoms with Gasteiger partial charge in [0.1, 0.15) is 4.90 Å². The van der Waals surface area contributed by atoms with Gasteiger partial charge in [-0.2, -0.15) is 13.5 Å². The molecule has 1 amide bonds. The summed E-state index contributed by atoms with van der Waals surface area (Å²) in [5, 5.41) is 3.95. The van der Waals surface area contributed by atoms with E-state index in [0.29, 0.717) is 5.56 Å². The van der Waals surface area contributed by atoms with Gasteiger partial charge in [-0.05, 0) is 41.0 Å². The average molecular weight is 471 g/mol. The lowest BCUT2D eigenvalue weighted by molar-refractivity contribution is -0.120. The first kappa shape index (κ1) is 22.9. The molecule has 0 atom stereocenters. The number of rotatable bonds is 8. The van der Waals surface area contributed by atoms with E-state index in [1.54, 1.807) is 30.3 Å². The standard InChI is InChI=1S/C27H22N2O4S/c30-27(19-21-9-3-1-4-10-21)29-28-20-24-13-7-8-14-26(24)33-34(31,32)25-17-15-23(16-18-25)22-11-5-2-6-12-22/h1-18,20H,19H2,(H,29,30). The third-order valence-electron chi connectivity index (χ3n) is 4.97. The van der Waals surface area contributed by atoms with Gasteiger partial charge in [0.15, 0.2) is 5.75 Å². The molecule has 0 saturated carbocycles. The third-order valence-corrected chi connectivity index (χ3v) is 6.22. The average Bonchev–Trinajstić information content (AvgIpc) is 2.86. The van der Waals surface area contributed by atoms with Crippen LogP contribution in [-0.2, 0) is 21.3 Å². The molecule has 0 fully saturated rings. The Labute approximate surface area is 198 Å². The van der Waals surface area contributed by atoms with Crippen LogP contribution in [0.3, 0.4) is 0 Å². The summed E-state index contributed by atoms with van der Waals surface area (Å²) in [6.07, 6.45) is 1.54. The predicted octanol–water partition coefficient (Wildman–Crippen LogP) is 4.81. The molecule has 0 unspecified atom stereocenters. The van der Waals surface area contributed by atoms with Crippen molar-refractivity contribution in [2.24, 2.45) is 5.10 Å². The molecule has 7 heteroatoms. The number of nitrogens with zero attached hydrogens (tertiary/aromatic N) is 1. The van der Waals surface area contributed by atoms with E-state index in [0.717, 1.165) is 16.7 Å². The summed E-state index contributed by atoms with van der Waals surface area (Å²) >= 11 is 0. The lowest BCUT2D eigenvalue weighted by Gasteiger charge is -2.10. The molecular formula is C27H22N2O4S. The van der Waals surface area contributed by atoms with Gasteiger partial charge in [0.25, 0.3) is 0 Å². The van der Waals surface area contributed by atoms with Crippen molar-refractivity contribution in [2.45, 2.75) is 11.3 Å². The maximum Gasteiger partial charge on any atom is 0.339 e. The molecule has 0 bridgehead atoms. The first-order valence-corrected chi connectivity index (χ1v) is 12.0. The van der Waals surface area contributed by atoms with Crippen molar-refractivity contribution in [1.82, 2.24) is 5.43 Å². The minimum atomic E-state index is -4.07. The third kappa shape index (κ3) is 5.96. The van der Waals surface area contributed by atoms with Crippen LogP contribution >= 0.6 is 0 Å². The van der Waals surface area contributed by atoms with Crippen LogP contribution < -0.4 is 9.61 Å². The fraction of sp³-hybridized carbons (Fsp3) is 0.0370. The van der Waals surface area contributed by atoms with Crippen molar-refractivity contribution in [3.8, 4) is 16.9 Å². The van der Waals surface area contributed by atoms with Crippen LogP contribution in [0.25, 0.3) is 11.1 Å². The van der Waals surface area contributed by atoms with Crippen LogP contribution in [0.4, 0.5) is 0 Å². The smallest absolute Gasteiger partial charge is 0.339 e. The van der Waals surface area contributed by atoms with Crippen LogP contribution in [0.2, 0.25) is 0 Å². The van der Waals surface area contributed by atoms with E-state index in [2.05, 4.69) is 10.5 Å². The number of hydrogen-bond donors (Lipinski definition) is 1. The zero-order valence-corrected chi connectivity index (χ0v) is 19.0. The Morgan fingerprint density at radius 3 is 2.06 bits per heavy atom. The minimum absolute atomic E-state index is 0.0371. The summed E-state index contributed by atoms with van der Waals surface area (Å²) in [4.78, 5) is 12.1. The molecule has 4 rings (SSSR count). The fourth-order valence-electron chi connectivity index (χ4n) is 3.27. The molecule has 4 aromatic rings. The van der Waals surface area contributed by atoms with Gasteiger partial charge in [-0.3, -0.25) is 4.79 Å². The van der Waals surface area contributed by atoms with Gasteiger partial charge in [0.2, 0.25) is 5.91 Å². The quantitative estimate of drug-likeness (QED) is 0.227. The first-order chi connectivity index (χ1) is 16.5. The molecule has 0 spiro atoms. The largest absolute Gasteiger partial charge is 0.378 e. The zero-order chi connectivity index (χ0) is 23.8. The summed E-state index contributed by atoms with van der Waals surface area (Å²) in [5.74, 6) is -0.178. The highest BCUT2D eigenvalue weighted by molar-refractivity contribution is 7.87. The van der Waals surface area contributed by atoms with E-state index >= 15 is 0 Å². The van der Waals surface area contributed by atoms with Crippen molar-refractivity contribution >= 4 is 22.2 Å². The van der Waals surface area contributed by atoms with Gasteiger partial charge in [-0.15, -0.1) is 0 Å². The van der Waals surface area contributed by atoms with Crippen molar-refractivity contribution in [2.75, 3.05) is 0 Å². The van der Waals surface area contributed by atoms with E-state index in [4.69, 9.17) is 4.18 Å². The number of para-hydroxylation sites is 1. The van der Waals surface area contributed by atoms with Gasteiger partial charge in [-0.1, -0.05) is 84.9 Å². The summed E-state index contributed by atoms with van der Waals surface area (Å²) in [6, 6.07) is 32.0. The second kappa shape index (κ2) is 10.6. The highest BCUT2D eigenvalue weighted by atomic mass is 32.2. The number of amides is 1. The Bertz CT molecular complexity index is 1390. The second-order valence-corrected chi connectivity index (χ2v) is 8.97. The Morgan fingerprint density at radius 1 is 0.765 bits per heavy atom. The SMILES string of the molecule is O=C(Cc1ccccc1)NN=Cc1ccccc1OS(=O)(=O)c1ccc(-c2ccccc2)cc1. The topological polar surface area (TPSA) is 84.8 Å². The normalized spacial score (nSPS) is 11.3. The highest BCUT2D eigenvalue weighted by Gasteiger charge is 2.18. The van der Waals surface area contributed by atoms with Gasteiger partial charge < -0.3 is 4.18 Å². The fourth-order valence-corrected chi connectivity index (χ4v) is 4.22. The van der Waals surface area contributed by atoms with Crippen molar-refractivity contribution in [3.63, 3.8) is 0 Å². The molecule has 6 nitrogen and oxygen atoms in total. The number of benzene rings is 4. The van der Waals surface area contributed by atoms with Crippen LogP contribution in [0.15, 0.2) is 119 Å². The van der Waals surface area contributed by atoms with E-state index < -0.39 is 10.1 Å². The minimum Gasteiger partial charge on any atom is -0.378 e. The molecule has 0 radical (unpaired) electrons. The molecule has 4 aromatic carbocycles. The first-order valence-electron chi connectivity index (χ1n) is 10.6. The molecule has 0 aliphatic carbocycles. The van der Waals surface area contributed by atoms with Crippen molar-refractivity contribution in [1.29, 1.82) is 0 Å². The maximum atomic E-state index is 12.9. The van der Waals surface area contributed by atoms with E-state index in [9.17, 15) is 13.2 Å². The molecule has 0 aromatic heterocycles. The Balaban J connectivity index is 1.44. The summed E-state index contributed by atoms with van der Waals surface area (Å²) in [7, 11) is -4.07. The van der Waals surface area contributed by atoms with Gasteiger partial charge in [0, 0.05) is 5.56 Å². The number of hydrogen-bond acceptors (Lipinski definition) is 5. The summed E-state index contributed by atoms with van der Waals surface area (Å²) < 4.78 is 31.1. The lowest BCUT2D eigenvalue weighted by atomic mass is 10.1. The number of carbonyl (C=O) groups is 1. The van der Waals surface area contributed by atoms with Gasteiger partial charge in [-0.25, -0.2) is 5.43 Å². The Morgan fingerprint density at radius 2 is 1.35 bits per heavy atom. The summed E-state index contributed by atoms with van der Waals surface area (Å²) in [5.41, 5.74) is 5.61. The van der Waals surface area contributed by atoms with E-state index in [1.165, 1.54) is 24.4 Å². The van der Waals surface area contributed by atoms with Crippen LogP contribution in [-0.4, -0.2) is 20.5 Å². The zero-order valence-electron chi connectivity index (χ0n) is 18.2. The summed E-state index contributed by atoms with van der Waals surface area (Å²) in [6.45, 7) is 0. The van der Waals surface area contributed by atoms with Crippen molar-refractivity contribution in [3.05, 3.63) is 120 Å². The van der Waals surface area contributed by atoms with Crippen LogP contribution in [0.1, 0.15) is 11.1 Å². The Hall–Kier alpha value is -4.23. The highest BCUT2D eigenvalue weighted by Crippen LogP contribution is 2.25. The van der Waals surface area contributed by atoms with Crippen molar-refractivity contribution < 1.29 is 17.4 Å². The Kier molecular flexibility index (Phi) is 7.15. The molecule has 34 heavy (non-hydrogen) atoms. The van der Waals surface area contributed by atoms with Gasteiger partial charge in [0.05, 0.1) is 12.6 Å². The van der Waals surface area contributed by atoms with E-state index in [-0.39, 0.29) is 23.0 Å². The molecule has 0 heterocycles. The van der Waals surface area contributed by atoms with Gasteiger partial charge >= 0.3 is 10.1 Å². The number of nitrogens with one attached hydrogen (secondary N) is 1. The predicted molar refractivity (Wildman–Crippen MR) is 132 cm³/mol. The monoisotopic (exact) mass is 470 g/mol. The maximum absolute atomic E-state index is 12.9. The van der Waals surface area contributed by atoms with Crippen LogP contribution in [0, 0.1) is 0 Å². The molecule has 1 N–H and O–H groups in total. The molecule has 170 valence electrons. The van der Waals surface area contributed by atoms with Crippen LogP contribution in [0.5, 0.6) is 5.75 Å². The number of hydrazone groups is 1. The molecule has 0 aliphatic rings. The molecular weight excluding hydrogens is 448 g/mol.